The third-order valence-corrected chi connectivity index (χ3v) is 4.94. The quantitative estimate of drug-likeness (QED) is 0.581. The van der Waals surface area contributed by atoms with Gasteiger partial charge in [-0.3, -0.25) is 28.9 Å². The van der Waals surface area contributed by atoms with Crippen LogP contribution in [0.1, 0.15) is 33.6 Å². The lowest BCUT2D eigenvalue weighted by Crippen LogP contribution is -2.32. The molecule has 3 amide bonds. The van der Waals surface area contributed by atoms with Crippen molar-refractivity contribution >= 4 is 17.7 Å². The van der Waals surface area contributed by atoms with E-state index in [1.807, 2.05) is 24.4 Å². The second-order valence-electron chi connectivity index (χ2n) is 6.96. The number of imide groups is 1. The molecule has 8 nitrogen and oxygen atoms in total. The smallest absolute Gasteiger partial charge is 0.261 e. The lowest BCUT2D eigenvalue weighted by atomic mass is 10.1. The average Bonchev–Trinajstić information content (AvgIpc) is 3.34. The van der Waals surface area contributed by atoms with Crippen LogP contribution in [0, 0.1) is 0 Å². The summed E-state index contributed by atoms with van der Waals surface area (Å²) in [5, 5.41) is 7.33. The van der Waals surface area contributed by atoms with Crippen LogP contribution in [0.4, 0.5) is 0 Å². The fourth-order valence-corrected chi connectivity index (χ4v) is 3.40. The summed E-state index contributed by atoms with van der Waals surface area (Å²) in [6, 6.07) is 12.5. The van der Waals surface area contributed by atoms with Crippen molar-refractivity contribution in [1.82, 2.24) is 25.0 Å². The van der Waals surface area contributed by atoms with Gasteiger partial charge < -0.3 is 5.32 Å². The summed E-state index contributed by atoms with van der Waals surface area (Å²) in [6.07, 6.45) is 5.97. The van der Waals surface area contributed by atoms with Gasteiger partial charge in [-0.15, -0.1) is 0 Å². The van der Waals surface area contributed by atoms with Crippen molar-refractivity contribution in [3.63, 3.8) is 0 Å². The molecule has 0 saturated carbocycles. The van der Waals surface area contributed by atoms with Crippen LogP contribution in [0.15, 0.2) is 61.1 Å². The average molecular weight is 403 g/mol. The van der Waals surface area contributed by atoms with Gasteiger partial charge in [0.05, 0.1) is 23.4 Å². The number of nitrogens with one attached hydrogen (secondary N) is 1. The van der Waals surface area contributed by atoms with Crippen LogP contribution < -0.4 is 5.32 Å². The number of carbonyl (C=O) groups is 3. The minimum absolute atomic E-state index is 0.117. The normalized spacial score (nSPS) is 12.9. The number of rotatable bonds is 8. The summed E-state index contributed by atoms with van der Waals surface area (Å²) in [7, 11) is 0. The molecule has 0 bridgehead atoms. The van der Waals surface area contributed by atoms with Crippen LogP contribution in [-0.2, 0) is 11.3 Å². The first-order valence-corrected chi connectivity index (χ1v) is 9.79. The Morgan fingerprint density at radius 3 is 2.33 bits per heavy atom. The second-order valence-corrected chi connectivity index (χ2v) is 6.96. The fourth-order valence-electron chi connectivity index (χ4n) is 3.40. The molecule has 0 spiro atoms. The highest BCUT2D eigenvalue weighted by atomic mass is 16.2. The van der Waals surface area contributed by atoms with Crippen molar-refractivity contribution in [3.05, 3.63) is 72.2 Å². The molecule has 8 heteroatoms. The molecule has 0 aliphatic carbocycles. The van der Waals surface area contributed by atoms with E-state index in [1.165, 1.54) is 4.90 Å². The van der Waals surface area contributed by atoms with Crippen molar-refractivity contribution in [2.24, 2.45) is 0 Å². The molecule has 3 heterocycles. The molecule has 0 fully saturated rings. The lowest BCUT2D eigenvalue weighted by molar-refractivity contribution is -0.121. The highest BCUT2D eigenvalue weighted by Crippen LogP contribution is 2.22. The van der Waals surface area contributed by atoms with E-state index >= 15 is 0 Å². The number of hydrogen-bond acceptors (Lipinski definition) is 5. The van der Waals surface area contributed by atoms with E-state index in [2.05, 4.69) is 15.4 Å². The minimum atomic E-state index is -0.292. The Balaban J connectivity index is 1.19. The monoisotopic (exact) mass is 403 g/mol. The standard InChI is InChI=1S/C22H21N5O3/c28-20(6-3-13-27-21(29)17-4-1-2-5-18(17)22(27)30)24-12-15-26-14-9-19(25-26)16-7-10-23-11-8-16/h1-2,4-5,7-11,14H,3,6,12-13,15H2,(H,24,28). The van der Waals surface area contributed by atoms with Crippen molar-refractivity contribution in [3.8, 4) is 11.3 Å². The third-order valence-electron chi connectivity index (χ3n) is 4.94. The van der Waals surface area contributed by atoms with Gasteiger partial charge in [0.2, 0.25) is 5.91 Å². The zero-order chi connectivity index (χ0) is 20.9. The van der Waals surface area contributed by atoms with E-state index in [-0.39, 0.29) is 30.7 Å². The fraction of sp³-hybridized carbons (Fsp3) is 0.227. The van der Waals surface area contributed by atoms with Gasteiger partial charge in [0.25, 0.3) is 11.8 Å². The van der Waals surface area contributed by atoms with Crippen molar-refractivity contribution in [1.29, 1.82) is 0 Å². The van der Waals surface area contributed by atoms with E-state index in [9.17, 15) is 14.4 Å². The number of pyridine rings is 1. The Morgan fingerprint density at radius 1 is 0.933 bits per heavy atom. The van der Waals surface area contributed by atoms with Gasteiger partial charge in [0, 0.05) is 43.7 Å². The third kappa shape index (κ3) is 4.12. The molecule has 1 aliphatic heterocycles. The maximum atomic E-state index is 12.3. The van der Waals surface area contributed by atoms with Crippen LogP contribution in [0.5, 0.6) is 0 Å². The van der Waals surface area contributed by atoms with E-state index in [0.717, 1.165) is 11.3 Å². The first-order chi connectivity index (χ1) is 14.6. The van der Waals surface area contributed by atoms with Crippen molar-refractivity contribution in [2.45, 2.75) is 19.4 Å². The summed E-state index contributed by atoms with van der Waals surface area (Å²) < 4.78 is 1.77. The zero-order valence-electron chi connectivity index (χ0n) is 16.3. The number of aromatic nitrogens is 3. The predicted molar refractivity (Wildman–Crippen MR) is 110 cm³/mol. The Kier molecular flexibility index (Phi) is 5.65. The predicted octanol–water partition coefficient (Wildman–Crippen LogP) is 2.14. The molecule has 0 radical (unpaired) electrons. The van der Waals surface area contributed by atoms with Crippen LogP contribution in [-0.4, -0.2) is 50.5 Å². The summed E-state index contributed by atoms with van der Waals surface area (Å²) in [4.78, 5) is 41.9. The first-order valence-electron chi connectivity index (χ1n) is 9.79. The first kappa shape index (κ1) is 19.5. The van der Waals surface area contributed by atoms with Gasteiger partial charge in [0.1, 0.15) is 0 Å². The lowest BCUT2D eigenvalue weighted by Gasteiger charge is -2.13. The van der Waals surface area contributed by atoms with Gasteiger partial charge >= 0.3 is 0 Å². The Bertz CT molecular complexity index is 1040. The zero-order valence-corrected chi connectivity index (χ0v) is 16.3. The van der Waals surface area contributed by atoms with Gasteiger partial charge in [-0.2, -0.15) is 5.10 Å². The summed E-state index contributed by atoms with van der Waals surface area (Å²) in [6.45, 7) is 1.23. The molecule has 1 N–H and O–H groups in total. The Morgan fingerprint density at radius 2 is 1.63 bits per heavy atom. The molecule has 0 atom stereocenters. The maximum absolute atomic E-state index is 12.3. The van der Waals surface area contributed by atoms with Gasteiger partial charge in [-0.05, 0) is 36.8 Å². The van der Waals surface area contributed by atoms with E-state index in [0.29, 0.717) is 30.6 Å². The summed E-state index contributed by atoms with van der Waals surface area (Å²) >= 11 is 0. The molecule has 2 aromatic heterocycles. The van der Waals surface area contributed by atoms with Gasteiger partial charge in [0.15, 0.2) is 0 Å². The second kappa shape index (κ2) is 8.69. The van der Waals surface area contributed by atoms with E-state index < -0.39 is 0 Å². The van der Waals surface area contributed by atoms with Gasteiger partial charge in [-0.25, -0.2) is 0 Å². The number of fused-ring (bicyclic) bond motifs is 1. The van der Waals surface area contributed by atoms with Crippen LogP contribution in [0.25, 0.3) is 11.3 Å². The Labute approximate surface area is 173 Å². The number of hydrogen-bond donors (Lipinski definition) is 1. The highest BCUT2D eigenvalue weighted by Gasteiger charge is 2.34. The van der Waals surface area contributed by atoms with Crippen molar-refractivity contribution in [2.75, 3.05) is 13.1 Å². The number of amides is 3. The molecule has 0 unspecified atom stereocenters. The van der Waals surface area contributed by atoms with Crippen molar-refractivity contribution < 1.29 is 14.4 Å². The van der Waals surface area contributed by atoms with Crippen LogP contribution >= 0.6 is 0 Å². The molecular formula is C22H21N5O3. The molecule has 152 valence electrons. The molecule has 1 aliphatic rings. The molecule has 1 aromatic carbocycles. The molecule has 3 aromatic rings. The summed E-state index contributed by atoms with van der Waals surface area (Å²) in [5.74, 6) is -0.701. The Hall–Kier alpha value is -3.81. The topological polar surface area (TPSA) is 97.2 Å². The van der Waals surface area contributed by atoms with Gasteiger partial charge in [-0.1, -0.05) is 12.1 Å². The maximum Gasteiger partial charge on any atom is 0.261 e. The largest absolute Gasteiger partial charge is 0.354 e. The van der Waals surface area contributed by atoms with Crippen LogP contribution in [0.3, 0.4) is 0 Å². The number of benzene rings is 1. The highest BCUT2D eigenvalue weighted by molar-refractivity contribution is 6.21. The molecule has 0 saturated heterocycles. The summed E-state index contributed by atoms with van der Waals surface area (Å²) in [5.41, 5.74) is 2.69. The molecular weight excluding hydrogens is 382 g/mol. The SMILES string of the molecule is O=C(CCCN1C(=O)c2ccccc2C1=O)NCCn1ccc(-c2ccncc2)n1. The minimum Gasteiger partial charge on any atom is -0.354 e. The number of nitrogens with zero attached hydrogens (tertiary/aromatic N) is 4. The molecule has 4 rings (SSSR count). The van der Waals surface area contributed by atoms with Crippen LogP contribution in [0.2, 0.25) is 0 Å². The molecule has 30 heavy (non-hydrogen) atoms. The van der Waals surface area contributed by atoms with E-state index in [1.54, 1.807) is 41.3 Å². The number of carbonyl (C=O) groups excluding carboxylic acids is 3. The van der Waals surface area contributed by atoms with E-state index in [4.69, 9.17) is 0 Å².